The van der Waals surface area contributed by atoms with Crippen LogP contribution in [-0.4, -0.2) is 16.0 Å². The van der Waals surface area contributed by atoms with Gasteiger partial charge in [-0.25, -0.2) is 0 Å². The number of aryl methyl sites for hydroxylation is 1. The Balaban J connectivity index is 1.54. The van der Waals surface area contributed by atoms with Crippen molar-refractivity contribution in [2.45, 2.75) is 12.8 Å². The van der Waals surface area contributed by atoms with Crippen LogP contribution in [0.2, 0.25) is 0 Å². The lowest BCUT2D eigenvalue weighted by atomic mass is 10.2. The van der Waals surface area contributed by atoms with Crippen LogP contribution < -0.4 is 5.32 Å². The van der Waals surface area contributed by atoms with Gasteiger partial charge in [-0.1, -0.05) is 5.16 Å². The molecule has 0 radical (unpaired) electrons. The molecule has 1 amide bonds. The van der Waals surface area contributed by atoms with Crippen molar-refractivity contribution in [1.29, 1.82) is 0 Å². The zero-order valence-corrected chi connectivity index (χ0v) is 14.4. The average Bonchev–Trinajstić information content (AvgIpc) is 3.18. The van der Waals surface area contributed by atoms with Crippen molar-refractivity contribution < 1.29 is 9.32 Å². The number of carbonyl (C=O) groups excluding carboxylic acids is 1. The van der Waals surface area contributed by atoms with Crippen molar-refractivity contribution in [3.05, 3.63) is 50.6 Å². The molecule has 0 unspecified atom stereocenters. The number of aromatic nitrogens is 2. The van der Waals surface area contributed by atoms with Crippen molar-refractivity contribution in [2.24, 2.45) is 0 Å². The monoisotopic (exact) mass is 425 g/mol. The number of rotatable bonds is 5. The molecular formula is C15H12IN3O2S. The highest BCUT2D eigenvalue weighted by Crippen LogP contribution is 2.19. The van der Waals surface area contributed by atoms with E-state index in [0.29, 0.717) is 24.6 Å². The first-order valence-electron chi connectivity index (χ1n) is 6.61. The lowest BCUT2D eigenvalue weighted by molar-refractivity contribution is -0.116. The van der Waals surface area contributed by atoms with Gasteiger partial charge in [0, 0.05) is 33.0 Å². The molecule has 0 bridgehead atoms. The summed E-state index contributed by atoms with van der Waals surface area (Å²) in [5.41, 5.74) is 1.72. The highest BCUT2D eigenvalue weighted by atomic mass is 127. The van der Waals surface area contributed by atoms with Gasteiger partial charge in [-0.15, -0.1) is 0 Å². The van der Waals surface area contributed by atoms with E-state index in [1.165, 1.54) is 0 Å². The molecule has 7 heteroatoms. The minimum absolute atomic E-state index is 0.0727. The number of thiophene rings is 1. The fraction of sp³-hybridized carbons (Fsp3) is 0.133. The molecular weight excluding hydrogens is 413 g/mol. The van der Waals surface area contributed by atoms with Crippen molar-refractivity contribution in [3.63, 3.8) is 0 Å². The van der Waals surface area contributed by atoms with Gasteiger partial charge in [0.2, 0.25) is 17.6 Å². The molecule has 1 aromatic carbocycles. The maximum Gasteiger partial charge on any atom is 0.227 e. The van der Waals surface area contributed by atoms with Crippen molar-refractivity contribution in [3.8, 4) is 11.4 Å². The summed E-state index contributed by atoms with van der Waals surface area (Å²) in [6.07, 6.45) is 0.727. The molecule has 0 aliphatic carbocycles. The van der Waals surface area contributed by atoms with Gasteiger partial charge in [-0.2, -0.15) is 16.3 Å². The van der Waals surface area contributed by atoms with Gasteiger partial charge in [0.05, 0.1) is 0 Å². The number of halogens is 1. The first-order chi connectivity index (χ1) is 10.7. The molecule has 3 rings (SSSR count). The van der Waals surface area contributed by atoms with Gasteiger partial charge in [0.1, 0.15) is 0 Å². The first kappa shape index (κ1) is 15.2. The number of carbonyl (C=O) groups is 1. The summed E-state index contributed by atoms with van der Waals surface area (Å²) < 4.78 is 6.29. The molecule has 0 aliphatic heterocycles. The van der Waals surface area contributed by atoms with Crippen LogP contribution >= 0.6 is 33.9 Å². The van der Waals surface area contributed by atoms with Crippen LogP contribution in [0.3, 0.4) is 0 Å². The first-order valence-corrected chi connectivity index (χ1v) is 8.63. The molecule has 3 aromatic rings. The van der Waals surface area contributed by atoms with Crippen molar-refractivity contribution in [1.82, 2.24) is 10.1 Å². The van der Waals surface area contributed by atoms with Gasteiger partial charge < -0.3 is 9.84 Å². The summed E-state index contributed by atoms with van der Waals surface area (Å²) in [7, 11) is 0. The topological polar surface area (TPSA) is 68.0 Å². The van der Waals surface area contributed by atoms with E-state index >= 15 is 0 Å². The molecule has 22 heavy (non-hydrogen) atoms. The quantitative estimate of drug-likeness (QED) is 0.629. The lowest BCUT2D eigenvalue weighted by Gasteiger charge is -2.03. The second-order valence-corrected chi connectivity index (χ2v) is 6.60. The molecule has 0 fully saturated rings. The van der Waals surface area contributed by atoms with Crippen LogP contribution in [0.5, 0.6) is 0 Å². The second-order valence-electron chi connectivity index (χ2n) is 4.58. The maximum atomic E-state index is 11.9. The van der Waals surface area contributed by atoms with Crippen LogP contribution in [0.1, 0.15) is 12.3 Å². The Morgan fingerprint density at radius 3 is 2.82 bits per heavy atom. The molecule has 0 saturated heterocycles. The average molecular weight is 425 g/mol. The standard InChI is InChI=1S/C15H12IN3O2S/c16-11-1-3-12(4-2-11)17-13(20)5-6-14-18-15(19-21-14)10-7-8-22-9-10/h1-4,7-9H,5-6H2,(H,17,20). The smallest absolute Gasteiger partial charge is 0.227 e. The van der Waals surface area contributed by atoms with E-state index in [2.05, 4.69) is 38.0 Å². The van der Waals surface area contributed by atoms with Crippen LogP contribution in [-0.2, 0) is 11.2 Å². The fourth-order valence-corrected chi connectivity index (χ4v) is 2.84. The molecule has 2 heterocycles. The van der Waals surface area contributed by atoms with Gasteiger partial charge in [-0.05, 0) is 58.3 Å². The van der Waals surface area contributed by atoms with E-state index in [9.17, 15) is 4.79 Å². The largest absolute Gasteiger partial charge is 0.339 e. The summed E-state index contributed by atoms with van der Waals surface area (Å²) in [5.74, 6) is 0.963. The predicted octanol–water partition coefficient (Wildman–Crippen LogP) is 3.97. The Morgan fingerprint density at radius 2 is 2.09 bits per heavy atom. The number of hydrogen-bond acceptors (Lipinski definition) is 5. The number of amides is 1. The third-order valence-corrected chi connectivity index (χ3v) is 4.34. The molecule has 0 aliphatic rings. The minimum Gasteiger partial charge on any atom is -0.339 e. The SMILES string of the molecule is O=C(CCc1nc(-c2ccsc2)no1)Nc1ccc(I)cc1. The zero-order chi connectivity index (χ0) is 15.4. The summed E-state index contributed by atoms with van der Waals surface area (Å²) in [5, 5.41) is 10.7. The Hall–Kier alpha value is -1.74. The number of benzene rings is 1. The lowest BCUT2D eigenvalue weighted by Crippen LogP contribution is -2.12. The number of anilines is 1. The second kappa shape index (κ2) is 7.01. The number of hydrogen-bond donors (Lipinski definition) is 1. The third kappa shape index (κ3) is 3.92. The molecule has 0 atom stereocenters. The van der Waals surface area contributed by atoms with Gasteiger partial charge in [-0.3, -0.25) is 4.79 Å². The summed E-state index contributed by atoms with van der Waals surface area (Å²) in [6.45, 7) is 0. The molecule has 0 saturated carbocycles. The fourth-order valence-electron chi connectivity index (χ4n) is 1.84. The highest BCUT2D eigenvalue weighted by molar-refractivity contribution is 14.1. The summed E-state index contributed by atoms with van der Waals surface area (Å²) in [6, 6.07) is 9.58. The summed E-state index contributed by atoms with van der Waals surface area (Å²) in [4.78, 5) is 16.2. The van der Waals surface area contributed by atoms with Crippen LogP contribution in [0.4, 0.5) is 5.69 Å². The van der Waals surface area contributed by atoms with E-state index in [0.717, 1.165) is 14.8 Å². The normalized spacial score (nSPS) is 10.6. The Labute approximate surface area is 144 Å². The van der Waals surface area contributed by atoms with Gasteiger partial charge in [0.25, 0.3) is 0 Å². The highest BCUT2D eigenvalue weighted by Gasteiger charge is 2.11. The van der Waals surface area contributed by atoms with Crippen molar-refractivity contribution >= 4 is 45.5 Å². The van der Waals surface area contributed by atoms with E-state index in [4.69, 9.17) is 4.52 Å². The predicted molar refractivity (Wildman–Crippen MR) is 93.7 cm³/mol. The summed E-state index contributed by atoms with van der Waals surface area (Å²) >= 11 is 3.80. The minimum atomic E-state index is -0.0727. The molecule has 1 N–H and O–H groups in total. The van der Waals surface area contributed by atoms with Crippen LogP contribution in [0.15, 0.2) is 45.6 Å². The van der Waals surface area contributed by atoms with E-state index in [-0.39, 0.29) is 5.91 Å². The third-order valence-electron chi connectivity index (χ3n) is 2.94. The van der Waals surface area contributed by atoms with Crippen molar-refractivity contribution in [2.75, 3.05) is 5.32 Å². The molecule has 2 aromatic heterocycles. The maximum absolute atomic E-state index is 11.9. The van der Waals surface area contributed by atoms with E-state index < -0.39 is 0 Å². The van der Waals surface area contributed by atoms with Crippen LogP contribution in [0.25, 0.3) is 11.4 Å². The Bertz CT molecular complexity index is 753. The van der Waals surface area contributed by atoms with Gasteiger partial charge in [0.15, 0.2) is 0 Å². The zero-order valence-electron chi connectivity index (χ0n) is 11.5. The van der Waals surface area contributed by atoms with Crippen LogP contribution in [0, 0.1) is 3.57 Å². The number of nitrogens with zero attached hydrogens (tertiary/aromatic N) is 2. The Morgan fingerprint density at radius 1 is 1.27 bits per heavy atom. The Kier molecular flexibility index (Phi) is 4.84. The van der Waals surface area contributed by atoms with E-state index in [1.807, 2.05) is 41.1 Å². The van der Waals surface area contributed by atoms with Gasteiger partial charge >= 0.3 is 0 Å². The van der Waals surface area contributed by atoms with E-state index in [1.54, 1.807) is 11.3 Å². The molecule has 112 valence electrons. The number of nitrogens with one attached hydrogen (secondary N) is 1. The molecule has 5 nitrogen and oxygen atoms in total. The molecule has 0 spiro atoms.